The normalized spacial score (nSPS) is 10.9. The van der Waals surface area contributed by atoms with Crippen molar-refractivity contribution < 1.29 is 60.0 Å². The molecular weight excluding hydrogens is 1200 g/mol. The maximum absolute atomic E-state index is 12.9. The van der Waals surface area contributed by atoms with E-state index in [1.807, 2.05) is 0 Å². The van der Waals surface area contributed by atoms with Gasteiger partial charge in [-0.15, -0.1) is 0 Å². The Balaban J connectivity index is 0.000000155. The minimum atomic E-state index is -1.12. The van der Waals surface area contributed by atoms with Gasteiger partial charge in [0.25, 0.3) is 11.6 Å². The van der Waals surface area contributed by atoms with E-state index in [4.69, 9.17) is 28.7 Å². The Morgan fingerprint density at radius 1 is 0.605 bits per heavy atom. The highest BCUT2D eigenvalue weighted by Gasteiger charge is 2.17. The molecule has 1 aliphatic heterocycles. The van der Waals surface area contributed by atoms with Crippen molar-refractivity contribution >= 4 is 51.1 Å². The molecular formula is C57H46BrF4N13O11. The van der Waals surface area contributed by atoms with Gasteiger partial charge in [0, 0.05) is 35.9 Å². The second kappa shape index (κ2) is 31.2. The number of halogens is 5. The third kappa shape index (κ3) is 20.0. The molecule has 24 nitrogen and oxygen atoms in total. The fraction of sp³-hybridized carbons (Fsp3) is 0.0877. The topological polar surface area (TPSA) is 323 Å². The quantitative estimate of drug-likeness (QED) is 0.0394. The van der Waals surface area contributed by atoms with Crippen LogP contribution in [-0.4, -0.2) is 79.2 Å². The first-order valence-electron chi connectivity index (χ1n) is 24.9. The number of aromatic carboxylic acids is 1. The number of carboxylic acids is 1. The van der Waals surface area contributed by atoms with Crippen molar-refractivity contribution in [3.63, 3.8) is 0 Å². The van der Waals surface area contributed by atoms with Crippen LogP contribution in [0.15, 0.2) is 218 Å². The molecule has 0 spiro atoms. The van der Waals surface area contributed by atoms with Gasteiger partial charge in [-0.25, -0.2) is 22.4 Å². The number of carboxylic acid groups (broad SMARTS) is 1. The predicted molar refractivity (Wildman–Crippen MR) is 305 cm³/mol. The summed E-state index contributed by atoms with van der Waals surface area (Å²) in [5, 5.41) is 51.4. The van der Waals surface area contributed by atoms with Gasteiger partial charge in [-0.1, -0.05) is 74.8 Å². The van der Waals surface area contributed by atoms with Gasteiger partial charge in [0.05, 0.1) is 78.5 Å². The molecule has 29 heteroatoms. The summed E-state index contributed by atoms with van der Waals surface area (Å²) in [4.78, 5) is 45.6. The van der Waals surface area contributed by atoms with Crippen LogP contribution >= 0.6 is 15.9 Å². The van der Waals surface area contributed by atoms with Crippen molar-refractivity contribution in [2.24, 2.45) is 4.99 Å². The molecule has 0 aliphatic carbocycles. The first kappa shape index (κ1) is 62.2. The molecule has 4 aromatic carbocycles. The summed E-state index contributed by atoms with van der Waals surface area (Å²) in [5.74, 6) is -0.931. The van der Waals surface area contributed by atoms with Gasteiger partial charge >= 0.3 is 11.7 Å². The molecule has 0 fully saturated rings. The van der Waals surface area contributed by atoms with Crippen molar-refractivity contribution in [2.75, 3.05) is 17.6 Å². The van der Waals surface area contributed by atoms with Gasteiger partial charge in [0.2, 0.25) is 11.5 Å². The number of allylic oxidation sites excluding steroid dienone is 1. The highest BCUT2D eigenvalue weighted by molar-refractivity contribution is 9.08. The number of alkyl halides is 1. The van der Waals surface area contributed by atoms with Crippen molar-refractivity contribution in [1.82, 2.24) is 39.7 Å². The molecule has 1 aliphatic rings. The number of hydrogen-bond donors (Lipinski definition) is 3. The van der Waals surface area contributed by atoms with E-state index >= 15 is 0 Å². The summed E-state index contributed by atoms with van der Waals surface area (Å²) in [6.07, 6.45) is 14.8. The first-order chi connectivity index (χ1) is 41.5. The van der Waals surface area contributed by atoms with Crippen LogP contribution in [0.25, 0.3) is 23.0 Å². The fourth-order valence-corrected chi connectivity index (χ4v) is 7.28. The lowest BCUT2D eigenvalue weighted by Crippen LogP contribution is -2.11. The molecule has 7 aromatic heterocycles. The third-order valence-electron chi connectivity index (χ3n) is 11.1. The number of benzene rings is 4. The Labute approximate surface area is 491 Å². The lowest BCUT2D eigenvalue weighted by atomic mass is 10.2. The molecule has 0 bridgehead atoms. The van der Waals surface area contributed by atoms with Crippen LogP contribution in [0.2, 0.25) is 0 Å². The van der Waals surface area contributed by atoms with Gasteiger partial charge in [-0.2, -0.15) is 15.3 Å². The number of anilines is 2. The molecule has 0 unspecified atom stereocenters. The zero-order valence-electron chi connectivity index (χ0n) is 44.4. The van der Waals surface area contributed by atoms with Gasteiger partial charge < -0.3 is 34.0 Å². The van der Waals surface area contributed by atoms with Crippen molar-refractivity contribution in [1.29, 1.82) is 0 Å². The number of nitrogens with two attached hydrogens (primary N) is 1. The molecule has 1 amide bonds. The molecule has 8 heterocycles. The summed E-state index contributed by atoms with van der Waals surface area (Å²) in [5.41, 5.74) is 10.5. The van der Waals surface area contributed by atoms with Crippen LogP contribution < -0.4 is 11.1 Å². The number of carbonyl (C=O) groups excluding carboxylic acids is 1. The predicted octanol–water partition coefficient (Wildman–Crippen LogP) is 11.8. The number of nitrogens with zero attached hydrogens (tertiary/aromatic N) is 11. The molecule has 4 N–H and O–H groups in total. The van der Waals surface area contributed by atoms with Crippen LogP contribution in [0.4, 0.5) is 34.6 Å². The molecule has 440 valence electrons. The average molecular weight is 1240 g/mol. The van der Waals surface area contributed by atoms with Gasteiger partial charge in [-0.3, -0.25) is 44.1 Å². The second-order valence-electron chi connectivity index (χ2n) is 17.4. The van der Waals surface area contributed by atoms with Crippen molar-refractivity contribution in [3.05, 3.63) is 272 Å². The van der Waals surface area contributed by atoms with Crippen LogP contribution in [0.1, 0.15) is 43.2 Å². The zero-order chi connectivity index (χ0) is 61.4. The Hall–Kier alpha value is -11.4. The largest absolute Gasteiger partial charge is 0.476 e. The molecule has 86 heavy (non-hydrogen) atoms. The Morgan fingerprint density at radius 2 is 1.06 bits per heavy atom. The van der Waals surface area contributed by atoms with E-state index in [0.29, 0.717) is 60.6 Å². The minimum absolute atomic E-state index is 0.0536. The highest BCUT2D eigenvalue weighted by Crippen LogP contribution is 2.22. The number of nitro groups is 2. The Bertz CT molecular complexity index is 3980. The monoisotopic (exact) mass is 1240 g/mol. The summed E-state index contributed by atoms with van der Waals surface area (Å²) in [6, 6.07) is 34.4. The smallest absolute Gasteiger partial charge is 0.358 e. The summed E-state index contributed by atoms with van der Waals surface area (Å²) in [7, 11) is 0. The molecule has 12 rings (SSSR count). The van der Waals surface area contributed by atoms with Gasteiger partial charge in [0.1, 0.15) is 35.7 Å². The van der Waals surface area contributed by atoms with E-state index in [-0.39, 0.29) is 46.0 Å². The number of rotatable bonds is 14. The third-order valence-corrected chi connectivity index (χ3v) is 11.7. The molecule has 0 atom stereocenters. The lowest BCUT2D eigenvalue weighted by Gasteiger charge is -2.01. The van der Waals surface area contributed by atoms with Crippen LogP contribution in [-0.2, 0) is 25.0 Å². The summed E-state index contributed by atoms with van der Waals surface area (Å²) < 4.78 is 75.2. The van der Waals surface area contributed by atoms with E-state index in [1.165, 1.54) is 109 Å². The number of amides is 1. The molecule has 0 saturated heterocycles. The van der Waals surface area contributed by atoms with E-state index in [9.17, 15) is 47.4 Å². The number of hydrogen-bond acceptors (Lipinski definition) is 17. The summed E-state index contributed by atoms with van der Waals surface area (Å²) in [6.45, 7) is 1.91. The van der Waals surface area contributed by atoms with Crippen LogP contribution in [0.3, 0.4) is 0 Å². The minimum Gasteiger partial charge on any atom is -0.476 e. The SMILES string of the molecule is Fc1ccc(CBr)cc1.Nc1cnn(Cc2ccc(F)cc2)c1.O=C(Nc1cnn(Cc2ccc(F)cc2)c1)c1cc(-c2ccco2)on1.O=C(O)c1cc(-c2ccco2)on1.O=[N+]([O-])C1=CCN=C1.O=[N+]([O-])c1cnn(Cc2ccc(F)cc2)c1. The number of nitrogen functional groups attached to an aromatic ring is 1. The van der Waals surface area contributed by atoms with Crippen molar-refractivity contribution in [2.45, 2.75) is 25.0 Å². The second-order valence-corrected chi connectivity index (χ2v) is 18.0. The zero-order valence-corrected chi connectivity index (χ0v) is 46.0. The molecule has 0 radical (unpaired) electrons. The highest BCUT2D eigenvalue weighted by atomic mass is 79.9. The summed E-state index contributed by atoms with van der Waals surface area (Å²) >= 11 is 3.26. The number of aliphatic imine (C=N–C) groups is 1. The van der Waals surface area contributed by atoms with Crippen LogP contribution in [0, 0.1) is 43.5 Å². The van der Waals surface area contributed by atoms with Crippen molar-refractivity contribution in [3.8, 4) is 23.0 Å². The first-order valence-corrected chi connectivity index (χ1v) is 26.0. The Kier molecular flexibility index (Phi) is 22.6. The number of nitrogens with one attached hydrogen (secondary N) is 1. The van der Waals surface area contributed by atoms with E-state index < -0.39 is 21.7 Å². The average Bonchev–Trinajstić information content (AvgIpc) is 4.38. The maximum atomic E-state index is 12.9. The van der Waals surface area contributed by atoms with E-state index in [0.717, 1.165) is 27.6 Å². The lowest BCUT2D eigenvalue weighted by molar-refractivity contribution is -0.414. The standard InChI is InChI=1S/C18H13FN4O3.C10H8FN3O2.C10H10FN3.C8H5NO4.C7H6BrF.C4H4N2O2/c19-13-5-3-12(4-6-13)10-23-11-14(9-20-23)21-18(24)15-8-17(26-22-15)16-2-1-7-25-16;11-9-3-1-8(2-4-9)6-13-7-10(5-12-13)14(15)16;11-9-3-1-8(2-4-9)6-14-7-10(12)5-13-14;10-8(11)5-4-7(13-9-5)6-2-1-3-12-6;8-5-6-1-3-7(9)4-2-6;7-6(8)4-1-2-5-3-4/h1-9,11H,10H2,(H,21,24);1-5,7H,6H2;1-5,7H,6,12H2;1-4H,(H,10,11);1-4H,5H2;1,3H,2H2. The number of furan rings is 2. The van der Waals surface area contributed by atoms with E-state index in [2.05, 4.69) is 51.8 Å². The number of aromatic nitrogens is 8. The molecule has 11 aromatic rings. The molecule has 0 saturated carbocycles. The Morgan fingerprint density at radius 3 is 1.44 bits per heavy atom. The van der Waals surface area contributed by atoms with Crippen LogP contribution in [0.5, 0.6) is 0 Å². The van der Waals surface area contributed by atoms with E-state index in [1.54, 1.807) is 101 Å². The van der Waals surface area contributed by atoms with Gasteiger partial charge in [0.15, 0.2) is 22.9 Å². The maximum Gasteiger partial charge on any atom is 0.358 e. The fourth-order valence-electron chi connectivity index (χ4n) is 6.91. The van der Waals surface area contributed by atoms with Gasteiger partial charge in [-0.05, 0) is 95.1 Å². The number of carbonyl (C=O) groups is 2.